The largest absolute Gasteiger partial charge is 0.295 e. The van der Waals surface area contributed by atoms with Gasteiger partial charge in [-0.25, -0.2) is 13.4 Å². The number of aromatic nitrogens is 2. The minimum absolute atomic E-state index is 0.0293. The Morgan fingerprint density at radius 2 is 2.05 bits per heavy atom. The van der Waals surface area contributed by atoms with Crippen molar-refractivity contribution in [1.29, 1.82) is 0 Å². The van der Waals surface area contributed by atoms with Crippen molar-refractivity contribution < 1.29 is 8.42 Å². The highest BCUT2D eigenvalue weighted by molar-refractivity contribution is 7.91. The molecule has 0 radical (unpaired) electrons. The summed E-state index contributed by atoms with van der Waals surface area (Å²) >= 11 is 11.5. The van der Waals surface area contributed by atoms with Crippen LogP contribution in [0.3, 0.4) is 0 Å². The van der Waals surface area contributed by atoms with Gasteiger partial charge in [0, 0.05) is 12.3 Å². The molecule has 0 aliphatic heterocycles. The molecule has 1 fully saturated rings. The van der Waals surface area contributed by atoms with E-state index in [4.69, 9.17) is 23.2 Å². The van der Waals surface area contributed by atoms with E-state index in [9.17, 15) is 13.2 Å². The van der Waals surface area contributed by atoms with Gasteiger partial charge in [-0.3, -0.25) is 9.36 Å². The van der Waals surface area contributed by atoms with Gasteiger partial charge in [0.1, 0.15) is 14.9 Å². The van der Waals surface area contributed by atoms with Gasteiger partial charge in [-0.1, -0.05) is 29.6 Å². The maximum Gasteiger partial charge on any atom is 0.273 e. The smallest absolute Gasteiger partial charge is 0.273 e. The molecule has 0 aromatic carbocycles. The molecule has 2 atom stereocenters. The molecule has 0 spiro atoms. The zero-order valence-corrected chi connectivity index (χ0v) is 12.7. The lowest BCUT2D eigenvalue weighted by atomic mass is 9.95. The summed E-state index contributed by atoms with van der Waals surface area (Å²) in [5.74, 6) is 0. The molecule has 2 rings (SSSR count). The van der Waals surface area contributed by atoms with Crippen LogP contribution in [0.25, 0.3) is 0 Å². The zero-order chi connectivity index (χ0) is 14.2. The minimum atomic E-state index is -3.09. The molecule has 1 aliphatic carbocycles. The van der Waals surface area contributed by atoms with Crippen LogP contribution in [0.4, 0.5) is 0 Å². The van der Waals surface area contributed by atoms with Crippen molar-refractivity contribution in [2.24, 2.45) is 0 Å². The molecule has 0 amide bonds. The van der Waals surface area contributed by atoms with Crippen LogP contribution >= 0.6 is 23.2 Å². The monoisotopic (exact) mass is 324 g/mol. The molecule has 1 aromatic heterocycles. The van der Waals surface area contributed by atoms with Crippen molar-refractivity contribution in [2.45, 2.75) is 37.0 Å². The van der Waals surface area contributed by atoms with Gasteiger partial charge < -0.3 is 0 Å². The molecular weight excluding hydrogens is 311 g/mol. The van der Waals surface area contributed by atoms with Crippen molar-refractivity contribution in [3.63, 3.8) is 0 Å². The fourth-order valence-corrected chi connectivity index (χ4v) is 3.88. The third kappa shape index (κ3) is 3.12. The van der Waals surface area contributed by atoms with E-state index in [1.54, 1.807) is 0 Å². The predicted molar refractivity (Wildman–Crippen MR) is 74.7 cm³/mol. The average Bonchev–Trinajstić information content (AvgIpc) is 2.35. The first-order chi connectivity index (χ1) is 8.80. The Morgan fingerprint density at radius 3 is 2.68 bits per heavy atom. The van der Waals surface area contributed by atoms with Gasteiger partial charge in [-0.05, 0) is 19.3 Å². The van der Waals surface area contributed by atoms with Crippen LogP contribution in [0.15, 0.2) is 11.1 Å². The van der Waals surface area contributed by atoms with Crippen molar-refractivity contribution >= 4 is 33.0 Å². The molecule has 8 heteroatoms. The number of rotatable bonds is 2. The molecule has 1 heterocycles. The topological polar surface area (TPSA) is 69.0 Å². The number of nitrogens with zero attached hydrogens (tertiary/aromatic N) is 2. The maximum absolute atomic E-state index is 12.0. The number of halogens is 2. The Hall–Kier alpha value is -0.590. The lowest BCUT2D eigenvalue weighted by Crippen LogP contribution is -2.33. The molecule has 0 bridgehead atoms. The van der Waals surface area contributed by atoms with Gasteiger partial charge in [0.15, 0.2) is 5.15 Å². The van der Waals surface area contributed by atoms with Crippen LogP contribution in [0, 0.1) is 0 Å². The summed E-state index contributed by atoms with van der Waals surface area (Å²) in [6.45, 7) is 0. The summed E-state index contributed by atoms with van der Waals surface area (Å²) in [5.41, 5.74) is -0.416. The van der Waals surface area contributed by atoms with Crippen LogP contribution in [-0.4, -0.2) is 29.5 Å². The molecule has 1 aliphatic rings. The van der Waals surface area contributed by atoms with Crippen LogP contribution in [0.2, 0.25) is 10.2 Å². The first-order valence-electron chi connectivity index (χ1n) is 5.91. The van der Waals surface area contributed by atoms with E-state index in [0.717, 1.165) is 12.8 Å². The number of sulfone groups is 1. The van der Waals surface area contributed by atoms with Crippen molar-refractivity contribution in [3.8, 4) is 0 Å². The van der Waals surface area contributed by atoms with Crippen LogP contribution in [-0.2, 0) is 9.84 Å². The molecule has 106 valence electrons. The highest BCUT2D eigenvalue weighted by atomic mass is 35.5. The van der Waals surface area contributed by atoms with E-state index in [0.29, 0.717) is 12.8 Å². The van der Waals surface area contributed by atoms with Crippen LogP contribution < -0.4 is 5.56 Å². The average molecular weight is 325 g/mol. The molecule has 19 heavy (non-hydrogen) atoms. The zero-order valence-electron chi connectivity index (χ0n) is 10.3. The summed E-state index contributed by atoms with van der Waals surface area (Å²) in [5, 5.41) is -0.559. The predicted octanol–water partition coefficient (Wildman–Crippen LogP) is 2.08. The van der Waals surface area contributed by atoms with E-state index < -0.39 is 20.6 Å². The standard InChI is InChI=1S/C11H14Cl2N2O3S/c1-19(17,18)8-4-2-3-7(5-8)15-6-14-10(13)9(12)11(15)16/h6-8H,2-5H2,1H3. The molecule has 2 unspecified atom stereocenters. The maximum atomic E-state index is 12.0. The number of hydrogen-bond acceptors (Lipinski definition) is 4. The Kier molecular flexibility index (Phi) is 4.23. The Balaban J connectivity index is 2.33. The molecule has 1 saturated carbocycles. The fraction of sp³-hybridized carbons (Fsp3) is 0.636. The first kappa shape index (κ1) is 14.8. The summed E-state index contributed by atoms with van der Waals surface area (Å²) in [7, 11) is -3.09. The van der Waals surface area contributed by atoms with E-state index in [2.05, 4.69) is 4.98 Å². The van der Waals surface area contributed by atoms with Gasteiger partial charge >= 0.3 is 0 Å². The molecular formula is C11H14Cl2N2O3S. The van der Waals surface area contributed by atoms with Crippen molar-refractivity contribution in [2.75, 3.05) is 6.26 Å². The quantitative estimate of drug-likeness (QED) is 0.781. The minimum Gasteiger partial charge on any atom is -0.295 e. The van der Waals surface area contributed by atoms with Gasteiger partial charge in [-0.2, -0.15) is 0 Å². The first-order valence-corrected chi connectivity index (χ1v) is 8.62. The molecule has 5 nitrogen and oxygen atoms in total. The Labute approximate surface area is 121 Å². The van der Waals surface area contributed by atoms with Crippen molar-refractivity contribution in [3.05, 3.63) is 26.9 Å². The summed E-state index contributed by atoms with van der Waals surface area (Å²) in [6.07, 6.45) is 5.12. The SMILES string of the molecule is CS(=O)(=O)C1CCCC(n2cnc(Cl)c(Cl)c2=O)C1. The van der Waals surface area contributed by atoms with Gasteiger partial charge in [-0.15, -0.1) is 0 Å². The van der Waals surface area contributed by atoms with E-state index in [1.807, 2.05) is 0 Å². The highest BCUT2D eigenvalue weighted by Gasteiger charge is 2.30. The van der Waals surface area contributed by atoms with Gasteiger partial charge in [0.05, 0.1) is 11.6 Å². The second kappa shape index (κ2) is 5.42. The summed E-state index contributed by atoms with van der Waals surface area (Å²) < 4.78 is 24.6. The lowest BCUT2D eigenvalue weighted by molar-refractivity contribution is 0.343. The molecule has 0 saturated heterocycles. The van der Waals surface area contributed by atoms with E-state index in [-0.39, 0.29) is 16.2 Å². The van der Waals surface area contributed by atoms with E-state index in [1.165, 1.54) is 17.2 Å². The van der Waals surface area contributed by atoms with E-state index >= 15 is 0 Å². The second-order valence-electron chi connectivity index (χ2n) is 4.83. The normalized spacial score (nSPS) is 24.4. The second-order valence-corrected chi connectivity index (χ2v) is 7.90. The Bertz CT molecular complexity index is 642. The van der Waals surface area contributed by atoms with Crippen LogP contribution in [0.1, 0.15) is 31.7 Å². The third-order valence-corrected chi connectivity index (χ3v) is 5.86. The number of hydrogen-bond donors (Lipinski definition) is 0. The Morgan fingerprint density at radius 1 is 1.37 bits per heavy atom. The lowest BCUT2D eigenvalue weighted by Gasteiger charge is -2.29. The third-order valence-electron chi connectivity index (χ3n) is 3.50. The summed E-state index contributed by atoms with van der Waals surface area (Å²) in [4.78, 5) is 15.9. The molecule has 1 aromatic rings. The molecule has 0 N–H and O–H groups in total. The fourth-order valence-electron chi connectivity index (χ4n) is 2.45. The van der Waals surface area contributed by atoms with Gasteiger partial charge in [0.25, 0.3) is 5.56 Å². The van der Waals surface area contributed by atoms with Gasteiger partial charge in [0.2, 0.25) is 0 Å². The van der Waals surface area contributed by atoms with Crippen LogP contribution in [0.5, 0.6) is 0 Å². The highest BCUT2D eigenvalue weighted by Crippen LogP contribution is 2.31. The van der Waals surface area contributed by atoms with Crippen molar-refractivity contribution in [1.82, 2.24) is 9.55 Å². The summed E-state index contributed by atoms with van der Waals surface area (Å²) in [6, 6.07) is -0.191.